The van der Waals surface area contributed by atoms with Crippen LogP contribution in [0.2, 0.25) is 0 Å². The van der Waals surface area contributed by atoms with Crippen LogP contribution in [0.4, 0.5) is 0 Å². The molecule has 15 heavy (non-hydrogen) atoms. The van der Waals surface area contributed by atoms with Crippen molar-refractivity contribution < 1.29 is 4.79 Å². The van der Waals surface area contributed by atoms with Gasteiger partial charge in [-0.25, -0.2) is 0 Å². The van der Waals surface area contributed by atoms with Gasteiger partial charge < -0.3 is 5.32 Å². The molecule has 0 amide bonds. The maximum Gasteiger partial charge on any atom is 0.152 e. The summed E-state index contributed by atoms with van der Waals surface area (Å²) in [6.45, 7) is 12.4. The van der Waals surface area contributed by atoms with Crippen LogP contribution in [0, 0.1) is 5.92 Å². The van der Waals surface area contributed by atoms with Gasteiger partial charge in [0.05, 0.1) is 6.04 Å². The lowest BCUT2D eigenvalue weighted by molar-refractivity contribution is -0.124. The third-order valence-corrected chi connectivity index (χ3v) is 2.37. The molecule has 0 fully saturated rings. The van der Waals surface area contributed by atoms with E-state index in [9.17, 15) is 4.79 Å². The average Bonchev–Trinajstić information content (AvgIpc) is 2.09. The lowest BCUT2D eigenvalue weighted by Gasteiger charge is -2.28. The predicted molar refractivity (Wildman–Crippen MR) is 66.0 cm³/mol. The summed E-state index contributed by atoms with van der Waals surface area (Å²) in [4.78, 5) is 12.0. The van der Waals surface area contributed by atoms with E-state index in [1.54, 1.807) is 0 Å². The summed E-state index contributed by atoms with van der Waals surface area (Å²) < 4.78 is 0. The fourth-order valence-electron chi connectivity index (χ4n) is 1.62. The van der Waals surface area contributed by atoms with Crippen LogP contribution in [0.25, 0.3) is 0 Å². The summed E-state index contributed by atoms with van der Waals surface area (Å²) in [6.07, 6.45) is 3.23. The van der Waals surface area contributed by atoms with Gasteiger partial charge in [-0.15, -0.1) is 0 Å². The number of Topliss-reactive ketones (excluding diaryl/α,β-unsaturated/α-hetero) is 1. The first-order valence-corrected chi connectivity index (χ1v) is 6.09. The number of hydrogen-bond acceptors (Lipinski definition) is 2. The standard InChI is InChI=1S/C13H27NO/c1-7-8-9-11(12(15)10(2)3)14-13(4,5)6/h10-11,14H,7-9H2,1-6H3/t11-/m1/s1. The monoisotopic (exact) mass is 213 g/mol. The molecule has 0 heterocycles. The van der Waals surface area contributed by atoms with Crippen LogP contribution >= 0.6 is 0 Å². The Kier molecular flexibility index (Phi) is 6.11. The predicted octanol–water partition coefficient (Wildman–Crippen LogP) is 3.16. The van der Waals surface area contributed by atoms with E-state index in [0.717, 1.165) is 19.3 Å². The van der Waals surface area contributed by atoms with Crippen LogP contribution in [0.3, 0.4) is 0 Å². The number of hydrogen-bond donors (Lipinski definition) is 1. The first-order valence-electron chi connectivity index (χ1n) is 6.09. The van der Waals surface area contributed by atoms with Crippen molar-refractivity contribution in [2.45, 2.75) is 72.4 Å². The molecule has 0 aromatic heterocycles. The Morgan fingerprint density at radius 1 is 1.27 bits per heavy atom. The zero-order valence-corrected chi connectivity index (χ0v) is 11.2. The fourth-order valence-corrected chi connectivity index (χ4v) is 1.62. The van der Waals surface area contributed by atoms with Crippen molar-refractivity contribution in [3.8, 4) is 0 Å². The summed E-state index contributed by atoms with van der Waals surface area (Å²) in [5.74, 6) is 0.472. The smallest absolute Gasteiger partial charge is 0.152 e. The number of rotatable bonds is 6. The van der Waals surface area contributed by atoms with Crippen LogP contribution in [-0.2, 0) is 4.79 Å². The number of unbranched alkanes of at least 4 members (excludes halogenated alkanes) is 1. The molecule has 1 atom stereocenters. The average molecular weight is 213 g/mol. The number of nitrogens with one attached hydrogen (secondary N) is 1. The third kappa shape index (κ3) is 6.67. The van der Waals surface area contributed by atoms with Gasteiger partial charge in [0.25, 0.3) is 0 Å². The van der Waals surface area contributed by atoms with Gasteiger partial charge in [0.15, 0.2) is 5.78 Å². The largest absolute Gasteiger partial charge is 0.303 e. The van der Waals surface area contributed by atoms with Gasteiger partial charge in [-0.3, -0.25) is 4.79 Å². The van der Waals surface area contributed by atoms with Gasteiger partial charge in [0.2, 0.25) is 0 Å². The molecule has 0 aliphatic carbocycles. The minimum atomic E-state index is 0.0168. The molecule has 90 valence electrons. The van der Waals surface area contributed by atoms with E-state index in [4.69, 9.17) is 0 Å². The van der Waals surface area contributed by atoms with Crippen molar-refractivity contribution >= 4 is 5.78 Å². The first-order chi connectivity index (χ1) is 6.78. The van der Waals surface area contributed by atoms with Gasteiger partial charge >= 0.3 is 0 Å². The molecule has 0 rings (SSSR count). The summed E-state index contributed by atoms with van der Waals surface area (Å²) in [6, 6.07) is 0.0324. The second-order valence-electron chi connectivity index (χ2n) is 5.65. The zero-order chi connectivity index (χ0) is 12.1. The first kappa shape index (κ1) is 14.6. The summed E-state index contributed by atoms with van der Waals surface area (Å²) in [7, 11) is 0. The maximum absolute atomic E-state index is 12.0. The van der Waals surface area contributed by atoms with Crippen molar-refractivity contribution in [1.82, 2.24) is 5.32 Å². The molecule has 0 spiro atoms. The van der Waals surface area contributed by atoms with Crippen molar-refractivity contribution in [2.24, 2.45) is 5.92 Å². The summed E-state index contributed by atoms with van der Waals surface area (Å²) >= 11 is 0. The Balaban J connectivity index is 4.37. The highest BCUT2D eigenvalue weighted by atomic mass is 16.1. The van der Waals surface area contributed by atoms with Crippen LogP contribution < -0.4 is 5.32 Å². The van der Waals surface area contributed by atoms with E-state index in [1.807, 2.05) is 13.8 Å². The molecular weight excluding hydrogens is 186 g/mol. The Labute approximate surface area is 94.8 Å². The molecule has 0 aliphatic rings. The minimum absolute atomic E-state index is 0.0168. The second kappa shape index (κ2) is 6.26. The van der Waals surface area contributed by atoms with Crippen molar-refractivity contribution in [3.63, 3.8) is 0 Å². The molecule has 0 saturated heterocycles. The Bertz CT molecular complexity index is 191. The van der Waals surface area contributed by atoms with Crippen LogP contribution in [-0.4, -0.2) is 17.4 Å². The lowest BCUT2D eigenvalue weighted by Crippen LogP contribution is -2.48. The topological polar surface area (TPSA) is 29.1 Å². The van der Waals surface area contributed by atoms with Crippen LogP contribution in [0.1, 0.15) is 60.8 Å². The molecule has 1 N–H and O–H groups in total. The van der Waals surface area contributed by atoms with E-state index < -0.39 is 0 Å². The van der Waals surface area contributed by atoms with Gasteiger partial charge in [0.1, 0.15) is 0 Å². The quantitative estimate of drug-likeness (QED) is 0.734. The zero-order valence-electron chi connectivity index (χ0n) is 11.2. The van der Waals surface area contributed by atoms with Crippen molar-refractivity contribution in [2.75, 3.05) is 0 Å². The third-order valence-electron chi connectivity index (χ3n) is 2.37. The van der Waals surface area contributed by atoms with Gasteiger partial charge in [-0.2, -0.15) is 0 Å². The Hall–Kier alpha value is -0.370. The second-order valence-corrected chi connectivity index (χ2v) is 5.65. The molecule has 0 unspecified atom stereocenters. The van der Waals surface area contributed by atoms with E-state index in [-0.39, 0.29) is 17.5 Å². The lowest BCUT2D eigenvalue weighted by atomic mass is 9.94. The molecule has 2 nitrogen and oxygen atoms in total. The van der Waals surface area contributed by atoms with Crippen molar-refractivity contribution in [3.05, 3.63) is 0 Å². The molecule has 0 aliphatic heterocycles. The molecule has 0 aromatic rings. The number of ketones is 1. The SMILES string of the molecule is CCCC[C@@H](NC(C)(C)C)C(=O)C(C)C. The normalized spacial score (nSPS) is 14.3. The molecular formula is C13H27NO. The van der Waals surface area contributed by atoms with E-state index >= 15 is 0 Å². The van der Waals surface area contributed by atoms with Crippen LogP contribution in [0.5, 0.6) is 0 Å². The molecule has 0 aromatic carbocycles. The summed E-state index contributed by atoms with van der Waals surface area (Å²) in [5.41, 5.74) is 0.0168. The molecule has 0 saturated carbocycles. The van der Waals surface area contributed by atoms with E-state index in [0.29, 0.717) is 5.78 Å². The number of carbonyl (C=O) groups excluding carboxylic acids is 1. The molecule has 0 radical (unpaired) electrons. The van der Waals surface area contributed by atoms with Gasteiger partial charge in [0, 0.05) is 11.5 Å². The minimum Gasteiger partial charge on any atom is -0.303 e. The van der Waals surface area contributed by atoms with E-state index in [2.05, 4.69) is 33.0 Å². The van der Waals surface area contributed by atoms with E-state index in [1.165, 1.54) is 0 Å². The van der Waals surface area contributed by atoms with Crippen LogP contribution in [0.15, 0.2) is 0 Å². The highest BCUT2D eigenvalue weighted by molar-refractivity contribution is 5.85. The number of carbonyl (C=O) groups is 1. The molecule has 0 bridgehead atoms. The fraction of sp³-hybridized carbons (Fsp3) is 0.923. The van der Waals surface area contributed by atoms with Gasteiger partial charge in [-0.1, -0.05) is 33.6 Å². The van der Waals surface area contributed by atoms with Crippen molar-refractivity contribution in [1.29, 1.82) is 0 Å². The van der Waals surface area contributed by atoms with Gasteiger partial charge in [-0.05, 0) is 27.2 Å². The highest BCUT2D eigenvalue weighted by Crippen LogP contribution is 2.11. The molecule has 2 heteroatoms. The Morgan fingerprint density at radius 2 is 1.80 bits per heavy atom. The highest BCUT2D eigenvalue weighted by Gasteiger charge is 2.24. The Morgan fingerprint density at radius 3 is 2.13 bits per heavy atom. The summed E-state index contributed by atoms with van der Waals surface area (Å²) in [5, 5.41) is 3.42. The maximum atomic E-state index is 12.0.